The number of thioether (sulfide) groups is 1. The fourth-order valence-electron chi connectivity index (χ4n) is 1.42. The van der Waals surface area contributed by atoms with Gasteiger partial charge in [0.25, 0.3) is 0 Å². The maximum atomic E-state index is 12.1. The Balaban J connectivity index is 2.09. The first-order chi connectivity index (χ1) is 9.50. The van der Waals surface area contributed by atoms with Crippen LogP contribution in [0.25, 0.3) is 0 Å². The summed E-state index contributed by atoms with van der Waals surface area (Å²) in [6.07, 6.45) is 0. The van der Waals surface area contributed by atoms with Gasteiger partial charge >= 0.3 is 0 Å². The number of rotatable bonds is 6. The second kappa shape index (κ2) is 6.75. The largest absolute Gasteiger partial charge is 0.257 e. The molecular formula is C11H12ClN3O2S3. The molecule has 0 radical (unpaired) electrons. The molecule has 0 amide bonds. The van der Waals surface area contributed by atoms with E-state index in [0.29, 0.717) is 10.6 Å². The number of hydrogen-bond acceptors (Lipinski definition) is 6. The monoisotopic (exact) mass is 349 g/mol. The fourth-order valence-corrected chi connectivity index (χ4v) is 4.79. The van der Waals surface area contributed by atoms with Crippen molar-refractivity contribution in [3.05, 3.63) is 34.9 Å². The van der Waals surface area contributed by atoms with E-state index in [9.17, 15) is 8.42 Å². The van der Waals surface area contributed by atoms with Gasteiger partial charge in [-0.05, 0) is 17.4 Å². The summed E-state index contributed by atoms with van der Waals surface area (Å²) >= 11 is 8.69. The predicted molar refractivity (Wildman–Crippen MR) is 84.0 cm³/mol. The highest BCUT2D eigenvalue weighted by atomic mass is 35.5. The SMILES string of the molecule is CCSc1nnc(NS(=O)(=O)Cc2ccccc2Cl)s1. The van der Waals surface area contributed by atoms with Crippen molar-refractivity contribution in [2.45, 2.75) is 17.0 Å². The zero-order valence-corrected chi connectivity index (χ0v) is 13.7. The third-order valence-electron chi connectivity index (χ3n) is 2.22. The Kier molecular flexibility index (Phi) is 5.25. The van der Waals surface area contributed by atoms with Crippen LogP contribution in [-0.4, -0.2) is 24.4 Å². The first-order valence-electron chi connectivity index (χ1n) is 5.70. The van der Waals surface area contributed by atoms with Gasteiger partial charge in [-0.15, -0.1) is 10.2 Å². The number of aromatic nitrogens is 2. The third-order valence-corrected chi connectivity index (χ3v) is 5.77. The molecule has 0 saturated heterocycles. The lowest BCUT2D eigenvalue weighted by Crippen LogP contribution is -2.15. The number of nitrogens with one attached hydrogen (secondary N) is 1. The third kappa shape index (κ3) is 4.34. The van der Waals surface area contributed by atoms with Gasteiger partial charge < -0.3 is 0 Å². The molecule has 2 aromatic rings. The fraction of sp³-hybridized carbons (Fsp3) is 0.273. The predicted octanol–water partition coefficient (Wildman–Crippen LogP) is 3.25. The van der Waals surface area contributed by atoms with Gasteiger partial charge in [-0.25, -0.2) is 8.42 Å². The molecular weight excluding hydrogens is 338 g/mol. The molecule has 0 spiro atoms. The summed E-state index contributed by atoms with van der Waals surface area (Å²) in [5.74, 6) is 0.670. The number of anilines is 1. The first kappa shape index (κ1) is 15.6. The van der Waals surface area contributed by atoms with Crippen molar-refractivity contribution >= 4 is 49.9 Å². The molecule has 1 aromatic heterocycles. The smallest absolute Gasteiger partial charge is 0.238 e. The average molecular weight is 350 g/mol. The minimum absolute atomic E-state index is 0.192. The van der Waals surface area contributed by atoms with E-state index in [0.717, 1.165) is 10.1 Å². The summed E-state index contributed by atoms with van der Waals surface area (Å²) < 4.78 is 27.3. The van der Waals surface area contributed by atoms with E-state index in [1.54, 1.807) is 24.3 Å². The number of benzene rings is 1. The molecule has 108 valence electrons. The summed E-state index contributed by atoms with van der Waals surface area (Å²) in [6.45, 7) is 1.99. The Labute approximate surface area is 130 Å². The van der Waals surface area contributed by atoms with Crippen LogP contribution in [0.2, 0.25) is 5.02 Å². The van der Waals surface area contributed by atoms with Crippen LogP contribution in [0.5, 0.6) is 0 Å². The lowest BCUT2D eigenvalue weighted by Gasteiger charge is -2.06. The van der Waals surface area contributed by atoms with Gasteiger partial charge in [0, 0.05) is 5.02 Å². The minimum Gasteiger partial charge on any atom is -0.257 e. The molecule has 0 bridgehead atoms. The number of halogens is 1. The van der Waals surface area contributed by atoms with Crippen LogP contribution >= 0.6 is 34.7 Å². The van der Waals surface area contributed by atoms with E-state index in [1.165, 1.54) is 23.1 Å². The maximum Gasteiger partial charge on any atom is 0.238 e. The van der Waals surface area contributed by atoms with Gasteiger partial charge in [0.15, 0.2) is 4.34 Å². The second-order valence-electron chi connectivity index (χ2n) is 3.76. The lowest BCUT2D eigenvalue weighted by atomic mass is 10.2. The Morgan fingerprint density at radius 2 is 2.10 bits per heavy atom. The van der Waals surface area contributed by atoms with Crippen LogP contribution in [0, 0.1) is 0 Å². The highest BCUT2D eigenvalue weighted by Gasteiger charge is 2.16. The molecule has 1 heterocycles. The normalized spacial score (nSPS) is 11.5. The molecule has 0 fully saturated rings. The van der Waals surface area contributed by atoms with Crippen LogP contribution in [0.3, 0.4) is 0 Å². The molecule has 0 atom stereocenters. The molecule has 1 aromatic carbocycles. The molecule has 0 aliphatic heterocycles. The Morgan fingerprint density at radius 3 is 2.80 bits per heavy atom. The number of nitrogens with zero attached hydrogens (tertiary/aromatic N) is 2. The van der Waals surface area contributed by atoms with Crippen molar-refractivity contribution in [2.24, 2.45) is 0 Å². The highest BCUT2D eigenvalue weighted by molar-refractivity contribution is 8.01. The second-order valence-corrected chi connectivity index (χ2v) is 8.38. The molecule has 0 aliphatic rings. The van der Waals surface area contributed by atoms with Crippen LogP contribution in [0.15, 0.2) is 28.6 Å². The van der Waals surface area contributed by atoms with Gasteiger partial charge in [0.05, 0.1) is 5.75 Å². The van der Waals surface area contributed by atoms with E-state index < -0.39 is 10.0 Å². The van der Waals surface area contributed by atoms with Crippen LogP contribution in [0.1, 0.15) is 12.5 Å². The van der Waals surface area contributed by atoms with Gasteiger partial charge in [-0.1, -0.05) is 59.8 Å². The Morgan fingerprint density at radius 1 is 1.35 bits per heavy atom. The van der Waals surface area contributed by atoms with Crippen molar-refractivity contribution in [1.82, 2.24) is 10.2 Å². The van der Waals surface area contributed by atoms with E-state index in [2.05, 4.69) is 14.9 Å². The Bertz CT molecular complexity index is 688. The zero-order valence-electron chi connectivity index (χ0n) is 10.5. The summed E-state index contributed by atoms with van der Waals surface area (Å²) in [5, 5.41) is 8.40. The summed E-state index contributed by atoms with van der Waals surface area (Å²) in [6, 6.07) is 6.84. The zero-order chi connectivity index (χ0) is 14.6. The molecule has 2 rings (SSSR count). The molecule has 0 saturated carbocycles. The molecule has 5 nitrogen and oxygen atoms in total. The summed E-state index contributed by atoms with van der Waals surface area (Å²) in [7, 11) is -3.55. The topological polar surface area (TPSA) is 72.0 Å². The molecule has 9 heteroatoms. The summed E-state index contributed by atoms with van der Waals surface area (Å²) in [5.41, 5.74) is 0.550. The highest BCUT2D eigenvalue weighted by Crippen LogP contribution is 2.26. The molecule has 0 unspecified atom stereocenters. The van der Waals surface area contributed by atoms with Crippen molar-refractivity contribution in [3.63, 3.8) is 0 Å². The molecule has 20 heavy (non-hydrogen) atoms. The van der Waals surface area contributed by atoms with E-state index >= 15 is 0 Å². The number of sulfonamides is 1. The van der Waals surface area contributed by atoms with Crippen molar-refractivity contribution in [3.8, 4) is 0 Å². The van der Waals surface area contributed by atoms with Crippen LogP contribution < -0.4 is 4.72 Å². The van der Waals surface area contributed by atoms with E-state index in [4.69, 9.17) is 11.6 Å². The Hall–Kier alpha value is -0.830. The quantitative estimate of drug-likeness (QED) is 0.810. The van der Waals surface area contributed by atoms with E-state index in [-0.39, 0.29) is 10.9 Å². The summed E-state index contributed by atoms with van der Waals surface area (Å²) in [4.78, 5) is 0. The minimum atomic E-state index is -3.55. The van der Waals surface area contributed by atoms with Crippen molar-refractivity contribution in [1.29, 1.82) is 0 Å². The lowest BCUT2D eigenvalue weighted by molar-refractivity contribution is 0.600. The van der Waals surface area contributed by atoms with Gasteiger partial charge in [0.2, 0.25) is 15.2 Å². The van der Waals surface area contributed by atoms with E-state index in [1.807, 2.05) is 6.92 Å². The number of hydrogen-bond donors (Lipinski definition) is 1. The molecule has 0 aliphatic carbocycles. The van der Waals surface area contributed by atoms with Crippen LogP contribution in [0.4, 0.5) is 5.13 Å². The van der Waals surface area contributed by atoms with Gasteiger partial charge in [-0.3, -0.25) is 4.72 Å². The average Bonchev–Trinajstić information content (AvgIpc) is 2.79. The van der Waals surface area contributed by atoms with Gasteiger partial charge in [-0.2, -0.15) is 0 Å². The van der Waals surface area contributed by atoms with Gasteiger partial charge in [0.1, 0.15) is 0 Å². The van der Waals surface area contributed by atoms with Crippen molar-refractivity contribution < 1.29 is 8.42 Å². The standard InChI is InChI=1S/C11H12ClN3O2S3/c1-2-18-11-14-13-10(19-11)15-20(16,17)7-8-5-3-4-6-9(8)12/h3-6H,2,7H2,1H3,(H,13,15). The maximum absolute atomic E-state index is 12.1. The first-order valence-corrected chi connectivity index (χ1v) is 9.53. The van der Waals surface area contributed by atoms with Crippen molar-refractivity contribution in [2.75, 3.05) is 10.5 Å². The van der Waals surface area contributed by atoms with Crippen LogP contribution in [-0.2, 0) is 15.8 Å². The molecule has 1 N–H and O–H groups in total.